The summed E-state index contributed by atoms with van der Waals surface area (Å²) in [5.41, 5.74) is 0.784. The van der Waals surface area contributed by atoms with Crippen LogP contribution in [0.3, 0.4) is 0 Å². The van der Waals surface area contributed by atoms with Crippen LogP contribution in [0.4, 0.5) is 5.69 Å². The third-order valence-electron chi connectivity index (χ3n) is 2.92. The zero-order valence-corrected chi connectivity index (χ0v) is 12.9. The van der Waals surface area contributed by atoms with Crippen molar-refractivity contribution in [2.24, 2.45) is 0 Å². The highest BCUT2D eigenvalue weighted by Crippen LogP contribution is 2.21. The third-order valence-corrected chi connectivity index (χ3v) is 3.61. The maximum atomic E-state index is 12.1. The van der Waals surface area contributed by atoms with E-state index in [1.807, 2.05) is 48.2 Å². The van der Waals surface area contributed by atoms with Gasteiger partial charge in [0.25, 0.3) is 0 Å². The number of carbonyl (C=O) groups excluding carboxylic acids is 1. The zero-order valence-electron chi connectivity index (χ0n) is 11.3. The summed E-state index contributed by atoms with van der Waals surface area (Å²) >= 11 is 3.41. The van der Waals surface area contributed by atoms with Gasteiger partial charge in [0, 0.05) is 4.47 Å². The summed E-state index contributed by atoms with van der Waals surface area (Å²) in [6.45, 7) is 3.77. The molecule has 0 saturated carbocycles. The summed E-state index contributed by atoms with van der Waals surface area (Å²) in [4.78, 5) is 14.1. The molecule has 0 unspecified atom stereocenters. The molecule has 20 heavy (non-hydrogen) atoms. The number of nitrogens with one attached hydrogen (secondary N) is 1. The molecule has 0 aliphatic carbocycles. The second kappa shape index (κ2) is 7.26. The van der Waals surface area contributed by atoms with Crippen LogP contribution in [0.5, 0.6) is 0 Å². The van der Waals surface area contributed by atoms with E-state index in [1.165, 1.54) is 0 Å². The lowest BCUT2D eigenvalue weighted by Crippen LogP contribution is -2.32. The van der Waals surface area contributed by atoms with E-state index in [0.29, 0.717) is 13.1 Å². The van der Waals surface area contributed by atoms with Crippen molar-refractivity contribution in [3.8, 4) is 0 Å². The molecule has 1 heterocycles. The van der Waals surface area contributed by atoms with Crippen molar-refractivity contribution in [3.63, 3.8) is 0 Å². The molecule has 1 amide bonds. The van der Waals surface area contributed by atoms with Crippen molar-refractivity contribution >= 4 is 27.5 Å². The van der Waals surface area contributed by atoms with Crippen molar-refractivity contribution in [2.75, 3.05) is 18.4 Å². The number of furan rings is 1. The first-order chi connectivity index (χ1) is 9.69. The van der Waals surface area contributed by atoms with E-state index in [4.69, 9.17) is 4.42 Å². The number of benzene rings is 1. The first-order valence-corrected chi connectivity index (χ1v) is 7.27. The van der Waals surface area contributed by atoms with Crippen LogP contribution < -0.4 is 5.32 Å². The Hall–Kier alpha value is -1.59. The van der Waals surface area contributed by atoms with Crippen molar-refractivity contribution < 1.29 is 9.21 Å². The summed E-state index contributed by atoms with van der Waals surface area (Å²) < 4.78 is 6.18. The molecule has 0 bridgehead atoms. The molecule has 0 atom stereocenters. The molecule has 0 radical (unpaired) electrons. The number of hydrogen-bond acceptors (Lipinski definition) is 3. The Labute approximate surface area is 126 Å². The Morgan fingerprint density at radius 1 is 1.30 bits per heavy atom. The minimum atomic E-state index is -0.0368. The lowest BCUT2D eigenvalue weighted by atomic mass is 10.3. The Morgan fingerprint density at radius 2 is 2.10 bits per heavy atom. The number of rotatable bonds is 6. The van der Waals surface area contributed by atoms with Gasteiger partial charge in [-0.1, -0.05) is 19.1 Å². The van der Waals surface area contributed by atoms with Gasteiger partial charge in [0.1, 0.15) is 5.76 Å². The normalized spacial score (nSPS) is 10.8. The first kappa shape index (κ1) is 14.8. The van der Waals surface area contributed by atoms with Gasteiger partial charge in [0.05, 0.1) is 25.0 Å². The fourth-order valence-corrected chi connectivity index (χ4v) is 2.24. The predicted molar refractivity (Wildman–Crippen MR) is 82.4 cm³/mol. The fourth-order valence-electron chi connectivity index (χ4n) is 1.86. The highest BCUT2D eigenvalue weighted by Gasteiger charge is 2.12. The lowest BCUT2D eigenvalue weighted by Gasteiger charge is -2.18. The van der Waals surface area contributed by atoms with Crippen molar-refractivity contribution in [1.82, 2.24) is 4.90 Å². The summed E-state index contributed by atoms with van der Waals surface area (Å²) in [6, 6.07) is 11.3. The molecular weight excluding hydrogens is 320 g/mol. The van der Waals surface area contributed by atoms with Crippen molar-refractivity contribution in [1.29, 1.82) is 0 Å². The maximum Gasteiger partial charge on any atom is 0.238 e. The van der Waals surface area contributed by atoms with E-state index in [9.17, 15) is 4.79 Å². The fraction of sp³-hybridized carbons (Fsp3) is 0.267. The van der Waals surface area contributed by atoms with Crippen LogP contribution in [0.2, 0.25) is 0 Å². The molecule has 106 valence electrons. The second-order valence-electron chi connectivity index (χ2n) is 4.41. The van der Waals surface area contributed by atoms with Gasteiger partial charge in [-0.05, 0) is 46.7 Å². The number of anilines is 1. The van der Waals surface area contributed by atoms with E-state index in [2.05, 4.69) is 21.2 Å². The standard InChI is InChI=1S/C15H17BrN2O2/c1-2-18(10-12-6-5-9-20-12)11-15(19)17-14-8-4-3-7-13(14)16/h3-9H,2,10-11H2,1H3,(H,17,19). The van der Waals surface area contributed by atoms with Gasteiger partial charge in [-0.2, -0.15) is 0 Å². The molecule has 1 N–H and O–H groups in total. The maximum absolute atomic E-state index is 12.1. The van der Waals surface area contributed by atoms with Crippen LogP contribution >= 0.6 is 15.9 Å². The topological polar surface area (TPSA) is 45.5 Å². The summed E-state index contributed by atoms with van der Waals surface area (Å²) in [5.74, 6) is 0.825. The molecule has 0 aliphatic rings. The minimum absolute atomic E-state index is 0.0368. The quantitative estimate of drug-likeness (QED) is 0.877. The van der Waals surface area contributed by atoms with Crippen molar-refractivity contribution in [2.45, 2.75) is 13.5 Å². The van der Waals surface area contributed by atoms with Gasteiger partial charge < -0.3 is 9.73 Å². The van der Waals surface area contributed by atoms with Crippen LogP contribution in [0, 0.1) is 0 Å². The lowest BCUT2D eigenvalue weighted by molar-refractivity contribution is -0.117. The average molecular weight is 337 g/mol. The molecule has 4 nitrogen and oxygen atoms in total. The zero-order chi connectivity index (χ0) is 14.4. The minimum Gasteiger partial charge on any atom is -0.468 e. The summed E-state index contributed by atoms with van der Waals surface area (Å²) in [7, 11) is 0. The van der Waals surface area contributed by atoms with Crippen LogP contribution in [0.1, 0.15) is 12.7 Å². The largest absolute Gasteiger partial charge is 0.468 e. The highest BCUT2D eigenvalue weighted by atomic mass is 79.9. The SMILES string of the molecule is CCN(CC(=O)Nc1ccccc1Br)Cc1ccco1. The third kappa shape index (κ3) is 4.21. The van der Waals surface area contributed by atoms with E-state index >= 15 is 0 Å². The van der Waals surface area contributed by atoms with Gasteiger partial charge in [-0.15, -0.1) is 0 Å². The number of nitrogens with zero attached hydrogens (tertiary/aromatic N) is 1. The number of halogens is 1. The second-order valence-corrected chi connectivity index (χ2v) is 5.26. The van der Waals surface area contributed by atoms with Gasteiger partial charge >= 0.3 is 0 Å². The number of amides is 1. The van der Waals surface area contributed by atoms with Gasteiger partial charge in [0.2, 0.25) is 5.91 Å². The Kier molecular flexibility index (Phi) is 5.38. The molecule has 0 spiro atoms. The molecule has 2 aromatic rings. The molecule has 0 fully saturated rings. The van der Waals surface area contributed by atoms with Gasteiger partial charge in [0.15, 0.2) is 0 Å². The predicted octanol–water partition coefficient (Wildman–Crippen LogP) is 3.50. The van der Waals surface area contributed by atoms with E-state index in [0.717, 1.165) is 22.5 Å². The Balaban J connectivity index is 1.91. The van der Waals surface area contributed by atoms with Crippen molar-refractivity contribution in [3.05, 3.63) is 52.9 Å². The van der Waals surface area contributed by atoms with Gasteiger partial charge in [-0.3, -0.25) is 9.69 Å². The molecular formula is C15H17BrN2O2. The number of likely N-dealkylation sites (N-methyl/N-ethyl adjacent to an activating group) is 1. The highest BCUT2D eigenvalue weighted by molar-refractivity contribution is 9.10. The first-order valence-electron chi connectivity index (χ1n) is 6.48. The smallest absolute Gasteiger partial charge is 0.238 e. The summed E-state index contributed by atoms with van der Waals surface area (Å²) in [6.07, 6.45) is 1.64. The van der Waals surface area contributed by atoms with E-state index in [1.54, 1.807) is 6.26 Å². The molecule has 0 aliphatic heterocycles. The van der Waals surface area contributed by atoms with Crippen LogP contribution in [0.15, 0.2) is 51.6 Å². The average Bonchev–Trinajstić information content (AvgIpc) is 2.93. The Morgan fingerprint density at radius 3 is 2.75 bits per heavy atom. The van der Waals surface area contributed by atoms with Crippen LogP contribution in [-0.4, -0.2) is 23.9 Å². The molecule has 5 heteroatoms. The van der Waals surface area contributed by atoms with E-state index < -0.39 is 0 Å². The number of hydrogen-bond donors (Lipinski definition) is 1. The molecule has 1 aromatic carbocycles. The van der Waals surface area contributed by atoms with E-state index in [-0.39, 0.29) is 5.91 Å². The Bertz CT molecular complexity index is 555. The molecule has 2 rings (SSSR count). The monoisotopic (exact) mass is 336 g/mol. The molecule has 0 saturated heterocycles. The van der Waals surface area contributed by atoms with Crippen LogP contribution in [0.25, 0.3) is 0 Å². The summed E-state index contributed by atoms with van der Waals surface area (Å²) in [5, 5.41) is 2.90. The van der Waals surface area contributed by atoms with Gasteiger partial charge in [-0.25, -0.2) is 0 Å². The number of carbonyl (C=O) groups is 1. The molecule has 1 aromatic heterocycles. The van der Waals surface area contributed by atoms with Crippen LogP contribution in [-0.2, 0) is 11.3 Å². The number of para-hydroxylation sites is 1.